The van der Waals surface area contributed by atoms with Gasteiger partial charge in [-0.15, -0.1) is 0 Å². The van der Waals surface area contributed by atoms with Crippen LogP contribution < -0.4 is 36.3 Å². The van der Waals surface area contributed by atoms with Crippen molar-refractivity contribution in [1.29, 1.82) is 0 Å². The van der Waals surface area contributed by atoms with Crippen molar-refractivity contribution in [2.24, 2.45) is 11.5 Å². The molecule has 0 saturated heterocycles. The molecular weight excluding hydrogens is 452 g/mol. The number of aromatic nitrogens is 2. The maximum atomic E-state index is 12.4. The Morgan fingerprint density at radius 1 is 1.00 bits per heavy atom. The van der Waals surface area contributed by atoms with Crippen molar-refractivity contribution >= 4 is 29.3 Å². The molecule has 0 aliphatic heterocycles. The van der Waals surface area contributed by atoms with Crippen LogP contribution in [-0.4, -0.2) is 42.0 Å². The van der Waals surface area contributed by atoms with Crippen molar-refractivity contribution in [3.05, 3.63) is 59.7 Å². The van der Waals surface area contributed by atoms with Crippen molar-refractivity contribution in [1.82, 2.24) is 9.97 Å². The van der Waals surface area contributed by atoms with Crippen LogP contribution in [0.5, 0.6) is 17.4 Å². The molecule has 1 unspecified atom stereocenters. The largest absolute Gasteiger partial charge is 0.497 e. The lowest BCUT2D eigenvalue weighted by atomic mass is 10.2. The smallest absolute Gasteiger partial charge is 0.258 e. The van der Waals surface area contributed by atoms with Gasteiger partial charge in [-0.3, -0.25) is 9.59 Å². The summed E-state index contributed by atoms with van der Waals surface area (Å²) < 4.78 is 16.3. The molecule has 6 N–H and O–H groups in total. The number of carbonyl (C=O) groups is 2. The minimum absolute atomic E-state index is 0.0378. The molecule has 0 bridgehead atoms. The summed E-state index contributed by atoms with van der Waals surface area (Å²) in [4.78, 5) is 32.9. The fraction of sp³-hybridized carbons (Fsp3) is 0.250. The van der Waals surface area contributed by atoms with Gasteiger partial charge < -0.3 is 36.3 Å². The van der Waals surface area contributed by atoms with Gasteiger partial charge in [0.05, 0.1) is 14.2 Å². The van der Waals surface area contributed by atoms with Gasteiger partial charge in [-0.2, -0.15) is 9.97 Å². The van der Waals surface area contributed by atoms with Crippen LogP contribution in [0.3, 0.4) is 0 Å². The topological polar surface area (TPSA) is 164 Å². The molecule has 11 nitrogen and oxygen atoms in total. The van der Waals surface area contributed by atoms with Crippen molar-refractivity contribution in [2.75, 3.05) is 24.9 Å². The molecule has 0 aliphatic rings. The number of rotatable bonds is 12. The number of hydrogen-bond donors (Lipinski definition) is 4. The molecule has 0 fully saturated rings. The number of benzene rings is 2. The molecule has 2 amide bonds. The summed E-state index contributed by atoms with van der Waals surface area (Å²) in [6.07, 6.45) is 0.400. The summed E-state index contributed by atoms with van der Waals surface area (Å²) >= 11 is 0. The van der Waals surface area contributed by atoms with E-state index in [9.17, 15) is 9.59 Å². The number of nitrogens with two attached hydrogens (primary N) is 2. The Balaban J connectivity index is 2.01. The number of primary amides is 2. The molecular formula is C24H28N6O5. The first-order valence-corrected chi connectivity index (χ1v) is 10.8. The lowest BCUT2D eigenvalue weighted by molar-refractivity contribution is -0.118. The number of anilines is 3. The van der Waals surface area contributed by atoms with Crippen LogP contribution in [0.4, 0.5) is 17.5 Å². The first-order valence-electron chi connectivity index (χ1n) is 10.8. The lowest BCUT2D eigenvalue weighted by Crippen LogP contribution is -2.35. The normalized spacial score (nSPS) is 11.3. The molecule has 2 aromatic carbocycles. The Labute approximate surface area is 202 Å². The second-order valence-corrected chi connectivity index (χ2v) is 7.44. The van der Waals surface area contributed by atoms with Crippen LogP contribution in [-0.2, 0) is 11.4 Å². The highest BCUT2D eigenvalue weighted by Gasteiger charge is 2.23. The van der Waals surface area contributed by atoms with Crippen LogP contribution in [0.15, 0.2) is 48.5 Å². The first kappa shape index (κ1) is 25.1. The summed E-state index contributed by atoms with van der Waals surface area (Å²) in [5, 5.41) is 5.95. The molecule has 0 spiro atoms. The van der Waals surface area contributed by atoms with E-state index in [4.69, 9.17) is 25.7 Å². The number of methoxy groups -OCH3 is 2. The molecule has 0 aliphatic carbocycles. The Bertz CT molecular complexity index is 1190. The molecule has 0 radical (unpaired) electrons. The SMILES string of the molecule is CCC(Nc1nc(Nc2cccc(OC)c2)c(C(N)=O)c(OCc2ccc(OC)cc2)n1)C(N)=O. The maximum absolute atomic E-state index is 12.4. The van der Waals surface area contributed by atoms with Gasteiger partial charge in [0.1, 0.15) is 29.7 Å². The zero-order valence-electron chi connectivity index (χ0n) is 19.7. The van der Waals surface area contributed by atoms with Crippen LogP contribution in [0.1, 0.15) is 29.3 Å². The van der Waals surface area contributed by atoms with Gasteiger partial charge in [0, 0.05) is 11.8 Å². The molecule has 3 rings (SSSR count). The third-order valence-corrected chi connectivity index (χ3v) is 5.04. The van der Waals surface area contributed by atoms with E-state index >= 15 is 0 Å². The summed E-state index contributed by atoms with van der Waals surface area (Å²) in [7, 11) is 3.12. The predicted molar refractivity (Wildman–Crippen MR) is 131 cm³/mol. The summed E-state index contributed by atoms with van der Waals surface area (Å²) in [6.45, 7) is 1.88. The standard InChI is InChI=1S/C24H28N6O5/c1-4-18(20(25)31)28-24-29-22(27-15-6-5-7-17(12-15)34-3)19(21(26)32)23(30-24)35-13-14-8-10-16(33-2)11-9-14/h5-12,18H,4,13H2,1-3H3,(H2,25,31)(H2,26,32)(H2,27,28,29,30). The minimum atomic E-state index is -0.798. The van der Waals surface area contributed by atoms with Gasteiger partial charge in [0.25, 0.3) is 5.91 Å². The predicted octanol–water partition coefficient (Wildman–Crippen LogP) is 2.59. The van der Waals surface area contributed by atoms with E-state index < -0.39 is 17.9 Å². The van der Waals surface area contributed by atoms with Gasteiger partial charge in [-0.25, -0.2) is 0 Å². The second-order valence-electron chi connectivity index (χ2n) is 7.44. The van der Waals surface area contributed by atoms with Crippen LogP contribution in [0.2, 0.25) is 0 Å². The van der Waals surface area contributed by atoms with Gasteiger partial charge in [-0.1, -0.05) is 25.1 Å². The van der Waals surface area contributed by atoms with E-state index in [1.54, 1.807) is 57.5 Å². The molecule has 184 valence electrons. The lowest BCUT2D eigenvalue weighted by Gasteiger charge is -2.18. The van der Waals surface area contributed by atoms with E-state index in [1.165, 1.54) is 0 Å². The highest BCUT2D eigenvalue weighted by Crippen LogP contribution is 2.29. The molecule has 3 aromatic rings. The molecule has 0 saturated carbocycles. The maximum Gasteiger partial charge on any atom is 0.258 e. The monoisotopic (exact) mass is 480 g/mol. The number of amides is 2. The van der Waals surface area contributed by atoms with E-state index in [0.29, 0.717) is 23.6 Å². The van der Waals surface area contributed by atoms with E-state index in [2.05, 4.69) is 20.6 Å². The number of nitrogens with zero attached hydrogens (tertiary/aromatic N) is 2. The van der Waals surface area contributed by atoms with Crippen LogP contribution in [0, 0.1) is 0 Å². The van der Waals surface area contributed by atoms with E-state index in [-0.39, 0.29) is 29.8 Å². The zero-order chi connectivity index (χ0) is 25.4. The number of nitrogens with one attached hydrogen (secondary N) is 2. The van der Waals surface area contributed by atoms with Gasteiger partial charge in [-0.05, 0) is 36.2 Å². The third-order valence-electron chi connectivity index (χ3n) is 5.04. The fourth-order valence-corrected chi connectivity index (χ4v) is 3.16. The van der Waals surface area contributed by atoms with Gasteiger partial charge >= 0.3 is 0 Å². The van der Waals surface area contributed by atoms with Crippen molar-refractivity contribution < 1.29 is 23.8 Å². The first-order chi connectivity index (χ1) is 16.8. The summed E-state index contributed by atoms with van der Waals surface area (Å²) in [5.74, 6) is -0.00829. The number of hydrogen-bond acceptors (Lipinski definition) is 9. The molecule has 1 heterocycles. The zero-order valence-corrected chi connectivity index (χ0v) is 19.7. The average Bonchev–Trinajstić information content (AvgIpc) is 2.85. The molecule has 1 aromatic heterocycles. The van der Waals surface area contributed by atoms with E-state index in [1.807, 2.05) is 12.1 Å². The molecule has 35 heavy (non-hydrogen) atoms. The van der Waals surface area contributed by atoms with Crippen LogP contribution >= 0.6 is 0 Å². The fourth-order valence-electron chi connectivity index (χ4n) is 3.16. The summed E-state index contributed by atoms with van der Waals surface area (Å²) in [6, 6.07) is 13.5. The third kappa shape index (κ3) is 6.50. The Morgan fingerprint density at radius 3 is 2.31 bits per heavy atom. The van der Waals surface area contributed by atoms with Crippen molar-refractivity contribution in [3.8, 4) is 17.4 Å². The minimum Gasteiger partial charge on any atom is -0.497 e. The molecule has 1 atom stereocenters. The van der Waals surface area contributed by atoms with E-state index in [0.717, 1.165) is 5.56 Å². The van der Waals surface area contributed by atoms with Crippen molar-refractivity contribution in [2.45, 2.75) is 26.0 Å². The average molecular weight is 481 g/mol. The second kappa shape index (κ2) is 11.5. The highest BCUT2D eigenvalue weighted by molar-refractivity contribution is 6.00. The Morgan fingerprint density at radius 2 is 1.71 bits per heavy atom. The van der Waals surface area contributed by atoms with Crippen molar-refractivity contribution in [3.63, 3.8) is 0 Å². The molecule has 11 heteroatoms. The highest BCUT2D eigenvalue weighted by atomic mass is 16.5. The Hall–Kier alpha value is -4.54. The number of carbonyl (C=O) groups excluding carboxylic acids is 2. The quantitative estimate of drug-likeness (QED) is 0.305. The summed E-state index contributed by atoms with van der Waals surface area (Å²) in [5.41, 5.74) is 12.5. The van der Waals surface area contributed by atoms with Crippen LogP contribution in [0.25, 0.3) is 0 Å². The van der Waals surface area contributed by atoms with Gasteiger partial charge in [0.2, 0.25) is 17.7 Å². The Kier molecular flexibility index (Phi) is 8.28. The van der Waals surface area contributed by atoms with Gasteiger partial charge in [0.15, 0.2) is 5.82 Å². The number of ether oxygens (including phenoxy) is 3.